The van der Waals surface area contributed by atoms with Crippen LogP contribution >= 0.6 is 0 Å². The summed E-state index contributed by atoms with van der Waals surface area (Å²) >= 11 is 0. The van der Waals surface area contributed by atoms with E-state index in [2.05, 4.69) is 0 Å². The molecule has 1 saturated heterocycles. The highest BCUT2D eigenvalue weighted by molar-refractivity contribution is 5.88. The number of benzene rings is 1. The number of aliphatic hydroxyl groups is 3. The molecule has 0 radical (unpaired) electrons. The quantitative estimate of drug-likeness (QED) is 0.432. The van der Waals surface area contributed by atoms with Crippen LogP contribution < -0.4 is 9.47 Å². The molecule has 1 fully saturated rings. The Bertz CT molecular complexity index is 630. The van der Waals surface area contributed by atoms with E-state index in [9.17, 15) is 24.9 Å². The molecule has 1 aromatic rings. The first-order valence-corrected chi connectivity index (χ1v) is 6.76. The van der Waals surface area contributed by atoms with Gasteiger partial charge in [0.05, 0.1) is 12.7 Å². The molecular weight excluding hydrogens is 328 g/mol. The van der Waals surface area contributed by atoms with Crippen molar-refractivity contribution in [1.29, 1.82) is 0 Å². The molecule has 1 aromatic carbocycles. The number of rotatable bonds is 5. The molecule has 132 valence electrons. The lowest BCUT2D eigenvalue weighted by Gasteiger charge is -2.38. The van der Waals surface area contributed by atoms with E-state index in [1.807, 2.05) is 0 Å². The fourth-order valence-corrected chi connectivity index (χ4v) is 2.17. The maximum absolute atomic E-state index is 11.0. The van der Waals surface area contributed by atoms with E-state index in [1.165, 1.54) is 19.2 Å². The van der Waals surface area contributed by atoms with Gasteiger partial charge in [-0.25, -0.2) is 9.59 Å². The number of aliphatic hydroxyl groups excluding tert-OH is 3. The molecule has 1 aliphatic rings. The summed E-state index contributed by atoms with van der Waals surface area (Å²) in [6.45, 7) is 0. The molecule has 0 bridgehead atoms. The summed E-state index contributed by atoms with van der Waals surface area (Å²) in [6, 6.07) is 3.59. The minimum Gasteiger partial charge on any atom is -0.493 e. The Kier molecular flexibility index (Phi) is 5.24. The number of carbonyl (C=O) groups is 2. The first-order chi connectivity index (χ1) is 11.3. The van der Waals surface area contributed by atoms with Crippen molar-refractivity contribution >= 4 is 11.9 Å². The highest BCUT2D eigenvalue weighted by Gasteiger charge is 2.48. The highest BCUT2D eigenvalue weighted by atomic mass is 16.7. The topological polar surface area (TPSA) is 163 Å². The second kappa shape index (κ2) is 7.01. The van der Waals surface area contributed by atoms with E-state index in [4.69, 9.17) is 24.4 Å². The minimum atomic E-state index is -1.84. The molecule has 0 unspecified atom stereocenters. The average Bonchev–Trinajstić information content (AvgIpc) is 2.54. The third-order valence-corrected chi connectivity index (χ3v) is 3.47. The molecule has 10 heteroatoms. The summed E-state index contributed by atoms with van der Waals surface area (Å²) < 4.78 is 15.3. The monoisotopic (exact) mass is 344 g/mol. The fourth-order valence-electron chi connectivity index (χ4n) is 2.17. The van der Waals surface area contributed by atoms with Gasteiger partial charge in [0.2, 0.25) is 6.29 Å². The first-order valence-electron chi connectivity index (χ1n) is 6.76. The van der Waals surface area contributed by atoms with Crippen molar-refractivity contribution in [2.75, 3.05) is 7.11 Å². The van der Waals surface area contributed by atoms with Crippen LogP contribution in [-0.2, 0) is 9.53 Å². The Labute approximate surface area is 135 Å². The van der Waals surface area contributed by atoms with Gasteiger partial charge in [0.15, 0.2) is 17.6 Å². The third kappa shape index (κ3) is 3.41. The molecular formula is C14H16O10. The Morgan fingerprint density at radius 1 is 1.04 bits per heavy atom. The fraction of sp³-hybridized carbons (Fsp3) is 0.429. The van der Waals surface area contributed by atoms with Crippen molar-refractivity contribution in [2.45, 2.75) is 30.7 Å². The zero-order valence-corrected chi connectivity index (χ0v) is 12.4. The smallest absolute Gasteiger partial charge is 0.335 e. The van der Waals surface area contributed by atoms with Gasteiger partial charge in [0.25, 0.3) is 0 Å². The second-order valence-corrected chi connectivity index (χ2v) is 5.02. The normalized spacial score (nSPS) is 29.8. The number of methoxy groups -OCH3 is 1. The number of ether oxygens (including phenoxy) is 3. The Morgan fingerprint density at radius 2 is 1.71 bits per heavy atom. The standard InChI is InChI=1S/C14H16O10/c1-22-7-4-5(12(18)19)2-3-6(7)23-14-10(17)8(15)9(16)11(24-14)13(20)21/h2-4,8-11,14-17H,1H3,(H,18,19)(H,20,21)/t8-,9-,10+,11-,14+/m0/s1. The second-order valence-electron chi connectivity index (χ2n) is 5.02. The molecule has 10 nitrogen and oxygen atoms in total. The van der Waals surface area contributed by atoms with Gasteiger partial charge in [-0.15, -0.1) is 0 Å². The summed E-state index contributed by atoms with van der Waals surface area (Å²) in [7, 11) is 1.25. The summed E-state index contributed by atoms with van der Waals surface area (Å²) in [5.74, 6) is -2.79. The van der Waals surface area contributed by atoms with Crippen molar-refractivity contribution in [3.8, 4) is 11.5 Å². The molecule has 0 spiro atoms. The van der Waals surface area contributed by atoms with Crippen LogP contribution in [0.2, 0.25) is 0 Å². The zero-order chi connectivity index (χ0) is 18.0. The van der Waals surface area contributed by atoms with Crippen molar-refractivity contribution in [1.82, 2.24) is 0 Å². The summed E-state index contributed by atoms with van der Waals surface area (Å²) in [4.78, 5) is 22.0. The summed E-state index contributed by atoms with van der Waals surface area (Å²) in [6.07, 6.45) is -8.81. The van der Waals surface area contributed by atoms with Crippen LogP contribution in [0.15, 0.2) is 18.2 Å². The van der Waals surface area contributed by atoms with Crippen molar-refractivity contribution < 1.29 is 49.3 Å². The SMILES string of the molecule is COc1cc(C(=O)O)ccc1O[C@@H]1O[C@H](C(=O)O)[C@@H](O)[C@H](O)[C@H]1O. The molecule has 5 atom stereocenters. The van der Waals surface area contributed by atoms with Crippen molar-refractivity contribution in [2.24, 2.45) is 0 Å². The van der Waals surface area contributed by atoms with Crippen molar-refractivity contribution in [3.05, 3.63) is 23.8 Å². The van der Waals surface area contributed by atoms with E-state index in [0.29, 0.717) is 0 Å². The van der Waals surface area contributed by atoms with Crippen LogP contribution in [0.5, 0.6) is 11.5 Å². The van der Waals surface area contributed by atoms with Gasteiger partial charge in [-0.3, -0.25) is 0 Å². The van der Waals surface area contributed by atoms with E-state index in [0.717, 1.165) is 6.07 Å². The lowest BCUT2D eigenvalue weighted by molar-refractivity contribution is -0.271. The van der Waals surface area contributed by atoms with Crippen LogP contribution in [0, 0.1) is 0 Å². The predicted molar refractivity (Wildman–Crippen MR) is 74.9 cm³/mol. The number of hydrogen-bond acceptors (Lipinski definition) is 8. The number of aliphatic carboxylic acids is 1. The predicted octanol–water partition coefficient (Wildman–Crippen LogP) is -1.34. The van der Waals surface area contributed by atoms with E-state index in [-0.39, 0.29) is 17.1 Å². The third-order valence-electron chi connectivity index (χ3n) is 3.47. The van der Waals surface area contributed by atoms with E-state index in [1.54, 1.807) is 0 Å². The average molecular weight is 344 g/mol. The van der Waals surface area contributed by atoms with Gasteiger partial charge >= 0.3 is 11.9 Å². The largest absolute Gasteiger partial charge is 0.493 e. The van der Waals surface area contributed by atoms with E-state index >= 15 is 0 Å². The first kappa shape index (κ1) is 17.9. The van der Waals surface area contributed by atoms with Gasteiger partial charge in [-0.05, 0) is 18.2 Å². The number of carboxylic acid groups (broad SMARTS) is 2. The van der Waals surface area contributed by atoms with E-state index < -0.39 is 42.6 Å². The summed E-state index contributed by atoms with van der Waals surface area (Å²) in [5.41, 5.74) is -0.0804. The zero-order valence-electron chi connectivity index (χ0n) is 12.4. The molecule has 24 heavy (non-hydrogen) atoms. The molecule has 0 saturated carbocycles. The molecule has 5 N–H and O–H groups in total. The Balaban J connectivity index is 2.26. The van der Waals surface area contributed by atoms with Crippen LogP contribution in [-0.4, -0.2) is 75.3 Å². The molecule has 0 aromatic heterocycles. The molecule has 0 aliphatic carbocycles. The lowest BCUT2D eigenvalue weighted by atomic mass is 9.99. The van der Waals surface area contributed by atoms with Gasteiger partial charge in [-0.2, -0.15) is 0 Å². The van der Waals surface area contributed by atoms with Crippen LogP contribution in [0.25, 0.3) is 0 Å². The Hall–Kier alpha value is -2.40. The maximum atomic E-state index is 11.0. The minimum absolute atomic E-state index is 0.00168. The van der Waals surface area contributed by atoms with Gasteiger partial charge in [0.1, 0.15) is 18.3 Å². The molecule has 1 heterocycles. The maximum Gasteiger partial charge on any atom is 0.335 e. The number of aromatic carboxylic acids is 1. The van der Waals surface area contributed by atoms with Crippen LogP contribution in [0.1, 0.15) is 10.4 Å². The molecule has 2 rings (SSSR count). The Morgan fingerprint density at radius 3 is 2.25 bits per heavy atom. The number of hydrogen-bond donors (Lipinski definition) is 5. The van der Waals surface area contributed by atoms with Gasteiger partial charge < -0.3 is 39.7 Å². The molecule has 1 aliphatic heterocycles. The summed E-state index contributed by atoms with van der Waals surface area (Å²) in [5, 5.41) is 47.1. The van der Waals surface area contributed by atoms with Crippen LogP contribution in [0.3, 0.4) is 0 Å². The molecule has 0 amide bonds. The van der Waals surface area contributed by atoms with Gasteiger partial charge in [-0.1, -0.05) is 0 Å². The van der Waals surface area contributed by atoms with Gasteiger partial charge in [0, 0.05) is 0 Å². The van der Waals surface area contributed by atoms with Crippen molar-refractivity contribution in [3.63, 3.8) is 0 Å². The number of carboxylic acids is 2. The lowest BCUT2D eigenvalue weighted by Crippen LogP contribution is -2.61. The highest BCUT2D eigenvalue weighted by Crippen LogP contribution is 2.32. The van der Waals surface area contributed by atoms with Crippen LogP contribution in [0.4, 0.5) is 0 Å².